The number of hydrogen-bond donors (Lipinski definition) is 2. The highest BCUT2D eigenvalue weighted by Crippen LogP contribution is 2.30. The van der Waals surface area contributed by atoms with Crippen molar-refractivity contribution in [2.75, 3.05) is 19.8 Å². The van der Waals surface area contributed by atoms with Crippen LogP contribution in [0.25, 0.3) is 0 Å². The second kappa shape index (κ2) is 6.31. The van der Waals surface area contributed by atoms with E-state index in [0.29, 0.717) is 37.3 Å². The molecular formula is C15H20N2O5. The summed E-state index contributed by atoms with van der Waals surface area (Å²) in [7, 11) is 1.67. The zero-order valence-electron chi connectivity index (χ0n) is 12.7. The van der Waals surface area contributed by atoms with E-state index in [2.05, 4.69) is 5.32 Å². The first-order valence-corrected chi connectivity index (χ1v) is 7.12. The van der Waals surface area contributed by atoms with E-state index in [-0.39, 0.29) is 18.2 Å². The van der Waals surface area contributed by atoms with E-state index < -0.39 is 11.4 Å². The van der Waals surface area contributed by atoms with E-state index in [0.717, 1.165) is 0 Å². The fourth-order valence-corrected chi connectivity index (χ4v) is 2.55. The summed E-state index contributed by atoms with van der Waals surface area (Å²) in [4.78, 5) is 35.1. The maximum atomic E-state index is 12.2. The SMILES string of the molecule is CC(=O)c1cc(C(=O)NCC2(C(=O)O)CCOCC2)n(C)c1. The number of aliphatic carboxylic acids is 1. The van der Waals surface area contributed by atoms with Gasteiger partial charge in [0.1, 0.15) is 5.69 Å². The molecule has 0 atom stereocenters. The number of aromatic nitrogens is 1. The lowest BCUT2D eigenvalue weighted by molar-refractivity contribution is -0.154. The number of ketones is 1. The van der Waals surface area contributed by atoms with Gasteiger partial charge in [-0.1, -0.05) is 0 Å². The van der Waals surface area contributed by atoms with Crippen molar-refractivity contribution in [3.05, 3.63) is 23.5 Å². The average molecular weight is 308 g/mol. The van der Waals surface area contributed by atoms with Crippen LogP contribution in [0.4, 0.5) is 0 Å². The average Bonchev–Trinajstić information content (AvgIpc) is 2.88. The summed E-state index contributed by atoms with van der Waals surface area (Å²) < 4.78 is 6.76. The standard InChI is InChI=1S/C15H20N2O5/c1-10(18)11-7-12(17(2)8-11)13(19)16-9-15(14(20)21)3-5-22-6-4-15/h7-8H,3-6,9H2,1-2H3,(H,16,19)(H,20,21). The number of aryl methyl sites for hydroxylation is 1. The summed E-state index contributed by atoms with van der Waals surface area (Å²) in [6, 6.07) is 1.51. The molecule has 120 valence electrons. The molecule has 7 heteroatoms. The molecule has 0 bridgehead atoms. The van der Waals surface area contributed by atoms with Crippen molar-refractivity contribution in [2.45, 2.75) is 19.8 Å². The van der Waals surface area contributed by atoms with Gasteiger partial charge in [-0.3, -0.25) is 14.4 Å². The van der Waals surface area contributed by atoms with Gasteiger partial charge in [-0.25, -0.2) is 0 Å². The molecule has 1 saturated heterocycles. The van der Waals surface area contributed by atoms with Crippen LogP contribution >= 0.6 is 0 Å². The zero-order chi connectivity index (χ0) is 16.3. The Morgan fingerprint density at radius 3 is 2.50 bits per heavy atom. The lowest BCUT2D eigenvalue weighted by Gasteiger charge is -2.33. The molecule has 2 N–H and O–H groups in total. The number of carboxylic acids is 1. The molecule has 0 unspecified atom stereocenters. The third-order valence-electron chi connectivity index (χ3n) is 4.14. The number of Topliss-reactive ketones (excluding diaryl/α,β-unsaturated/α-hetero) is 1. The number of carbonyl (C=O) groups excluding carboxylic acids is 2. The molecule has 1 amide bonds. The van der Waals surface area contributed by atoms with Crippen molar-refractivity contribution in [3.63, 3.8) is 0 Å². The molecular weight excluding hydrogens is 288 g/mol. The van der Waals surface area contributed by atoms with E-state index in [9.17, 15) is 19.5 Å². The Kier molecular flexibility index (Phi) is 4.65. The van der Waals surface area contributed by atoms with Crippen LogP contribution in [0.15, 0.2) is 12.3 Å². The maximum Gasteiger partial charge on any atom is 0.311 e. The second-order valence-corrected chi connectivity index (χ2v) is 5.66. The predicted octanol–water partition coefficient (Wildman–Crippen LogP) is 0.839. The van der Waals surface area contributed by atoms with Gasteiger partial charge >= 0.3 is 5.97 Å². The number of amides is 1. The lowest BCUT2D eigenvalue weighted by atomic mass is 9.80. The minimum Gasteiger partial charge on any atom is -0.481 e. The minimum absolute atomic E-state index is 0.0467. The van der Waals surface area contributed by atoms with Gasteiger partial charge in [-0.15, -0.1) is 0 Å². The van der Waals surface area contributed by atoms with E-state index in [1.54, 1.807) is 17.8 Å². The van der Waals surface area contributed by atoms with Crippen LogP contribution in [0.5, 0.6) is 0 Å². The topological polar surface area (TPSA) is 97.6 Å². The van der Waals surface area contributed by atoms with Gasteiger partial charge in [-0.2, -0.15) is 0 Å². The highest BCUT2D eigenvalue weighted by Gasteiger charge is 2.40. The fraction of sp³-hybridized carbons (Fsp3) is 0.533. The third kappa shape index (κ3) is 3.19. The van der Waals surface area contributed by atoms with Crippen LogP contribution in [-0.4, -0.2) is 47.1 Å². The van der Waals surface area contributed by atoms with E-state index in [1.165, 1.54) is 13.0 Å². The molecule has 1 aromatic rings. The van der Waals surface area contributed by atoms with E-state index in [4.69, 9.17) is 4.74 Å². The third-order valence-corrected chi connectivity index (χ3v) is 4.14. The van der Waals surface area contributed by atoms with Gasteiger partial charge < -0.3 is 19.7 Å². The summed E-state index contributed by atoms with van der Waals surface area (Å²) in [5.41, 5.74) is -0.202. The first-order valence-electron chi connectivity index (χ1n) is 7.12. The zero-order valence-corrected chi connectivity index (χ0v) is 12.7. The van der Waals surface area contributed by atoms with Crippen LogP contribution in [-0.2, 0) is 16.6 Å². The number of carboxylic acid groups (broad SMARTS) is 1. The predicted molar refractivity (Wildman–Crippen MR) is 77.9 cm³/mol. The van der Waals surface area contributed by atoms with Gasteiger partial charge in [0, 0.05) is 38.6 Å². The van der Waals surface area contributed by atoms with Gasteiger partial charge in [0.05, 0.1) is 5.41 Å². The summed E-state index contributed by atoms with van der Waals surface area (Å²) in [6.07, 6.45) is 2.32. The van der Waals surface area contributed by atoms with E-state index in [1.807, 2.05) is 0 Å². The highest BCUT2D eigenvalue weighted by molar-refractivity contribution is 5.99. The second-order valence-electron chi connectivity index (χ2n) is 5.66. The molecule has 2 rings (SSSR count). The van der Waals surface area contributed by atoms with Gasteiger partial charge in [-0.05, 0) is 25.8 Å². The summed E-state index contributed by atoms with van der Waals surface area (Å²) in [6.45, 7) is 2.23. The molecule has 0 spiro atoms. The Labute approximate surface area is 128 Å². The molecule has 7 nitrogen and oxygen atoms in total. The Balaban J connectivity index is 2.08. The molecule has 1 aliphatic rings. The molecule has 1 fully saturated rings. The smallest absolute Gasteiger partial charge is 0.311 e. The summed E-state index contributed by atoms with van der Waals surface area (Å²) >= 11 is 0. The number of ether oxygens (including phenoxy) is 1. The summed E-state index contributed by atoms with van der Waals surface area (Å²) in [5.74, 6) is -1.43. The van der Waals surface area contributed by atoms with Crippen LogP contribution in [0.2, 0.25) is 0 Å². The van der Waals surface area contributed by atoms with Crippen molar-refractivity contribution in [1.29, 1.82) is 0 Å². The van der Waals surface area contributed by atoms with Crippen LogP contribution in [0.1, 0.15) is 40.6 Å². The Morgan fingerprint density at radius 2 is 2.00 bits per heavy atom. The minimum atomic E-state index is -0.984. The molecule has 22 heavy (non-hydrogen) atoms. The number of nitrogens with one attached hydrogen (secondary N) is 1. The monoisotopic (exact) mass is 308 g/mol. The maximum absolute atomic E-state index is 12.2. The number of rotatable bonds is 5. The number of carbonyl (C=O) groups is 3. The Hall–Kier alpha value is -2.15. The molecule has 0 saturated carbocycles. The molecule has 0 radical (unpaired) electrons. The van der Waals surface area contributed by atoms with Crippen molar-refractivity contribution in [3.8, 4) is 0 Å². The van der Waals surface area contributed by atoms with Crippen LogP contribution < -0.4 is 5.32 Å². The Bertz CT molecular complexity index is 599. The van der Waals surface area contributed by atoms with Crippen molar-refractivity contribution in [1.82, 2.24) is 9.88 Å². The quantitative estimate of drug-likeness (QED) is 0.786. The first kappa shape index (κ1) is 16.2. The number of nitrogens with zero attached hydrogens (tertiary/aromatic N) is 1. The normalized spacial score (nSPS) is 17.0. The molecule has 0 aliphatic carbocycles. The Morgan fingerprint density at radius 1 is 1.36 bits per heavy atom. The molecule has 1 aromatic heterocycles. The van der Waals surface area contributed by atoms with E-state index >= 15 is 0 Å². The lowest BCUT2D eigenvalue weighted by Crippen LogP contribution is -2.46. The fourth-order valence-electron chi connectivity index (χ4n) is 2.55. The highest BCUT2D eigenvalue weighted by atomic mass is 16.5. The van der Waals surface area contributed by atoms with Crippen molar-refractivity contribution in [2.24, 2.45) is 12.5 Å². The van der Waals surface area contributed by atoms with Crippen molar-refractivity contribution < 1.29 is 24.2 Å². The molecule has 1 aliphatic heterocycles. The first-order chi connectivity index (χ1) is 10.4. The van der Waals surface area contributed by atoms with Gasteiger partial charge in [0.15, 0.2) is 5.78 Å². The molecule has 2 heterocycles. The number of hydrogen-bond acceptors (Lipinski definition) is 4. The largest absolute Gasteiger partial charge is 0.481 e. The van der Waals surface area contributed by atoms with Crippen LogP contribution in [0, 0.1) is 5.41 Å². The summed E-state index contributed by atoms with van der Waals surface area (Å²) in [5, 5.41) is 12.1. The van der Waals surface area contributed by atoms with Crippen LogP contribution in [0.3, 0.4) is 0 Å². The van der Waals surface area contributed by atoms with Gasteiger partial charge in [0.25, 0.3) is 5.91 Å². The van der Waals surface area contributed by atoms with Gasteiger partial charge in [0.2, 0.25) is 0 Å². The van der Waals surface area contributed by atoms with Crippen molar-refractivity contribution >= 4 is 17.7 Å². The molecule has 0 aromatic carbocycles.